The van der Waals surface area contributed by atoms with Gasteiger partial charge < -0.3 is 19.7 Å². The van der Waals surface area contributed by atoms with Crippen molar-refractivity contribution in [1.29, 1.82) is 0 Å². The number of aromatic nitrogens is 1. The highest BCUT2D eigenvalue weighted by atomic mass is 16.5. The lowest BCUT2D eigenvalue weighted by Gasteiger charge is -2.35. The summed E-state index contributed by atoms with van der Waals surface area (Å²) >= 11 is 0. The van der Waals surface area contributed by atoms with Gasteiger partial charge in [0.15, 0.2) is 0 Å². The second kappa shape index (κ2) is 6.84. The summed E-state index contributed by atoms with van der Waals surface area (Å²) in [6.45, 7) is 1.94. The van der Waals surface area contributed by atoms with Crippen molar-refractivity contribution in [3.63, 3.8) is 0 Å². The van der Waals surface area contributed by atoms with Crippen molar-refractivity contribution in [2.75, 3.05) is 26.4 Å². The van der Waals surface area contributed by atoms with Crippen LogP contribution in [0.5, 0.6) is 0 Å². The molecule has 1 saturated carbocycles. The van der Waals surface area contributed by atoms with E-state index in [2.05, 4.69) is 9.88 Å². The molecule has 2 fully saturated rings. The second-order valence-electron chi connectivity index (χ2n) is 6.69. The summed E-state index contributed by atoms with van der Waals surface area (Å²) in [7, 11) is 0. The lowest BCUT2D eigenvalue weighted by atomic mass is 9.81. The number of aliphatic hydroxyl groups excluding tert-OH is 1. The number of aliphatic hydroxyl groups is 1. The van der Waals surface area contributed by atoms with Gasteiger partial charge in [-0.15, -0.1) is 0 Å². The molecule has 1 aliphatic heterocycles. The van der Waals surface area contributed by atoms with Crippen LogP contribution in [0.4, 0.5) is 0 Å². The summed E-state index contributed by atoms with van der Waals surface area (Å²) < 4.78 is 7.49. The van der Waals surface area contributed by atoms with Crippen LogP contribution in [0.1, 0.15) is 55.1 Å². The Hall–Kier alpha value is -1.33. The van der Waals surface area contributed by atoms with Gasteiger partial charge in [0.1, 0.15) is 5.69 Å². The number of ether oxygens (including phenoxy) is 1. The zero-order chi connectivity index (χ0) is 15.4. The summed E-state index contributed by atoms with van der Waals surface area (Å²) in [5, 5.41) is 12.7. The maximum absolute atomic E-state index is 12.5. The minimum atomic E-state index is -0.224. The van der Waals surface area contributed by atoms with Crippen LogP contribution in [0.3, 0.4) is 0 Å². The van der Waals surface area contributed by atoms with Gasteiger partial charge in [0.2, 0.25) is 0 Å². The summed E-state index contributed by atoms with van der Waals surface area (Å²) in [5.41, 5.74) is 0.519. The van der Waals surface area contributed by atoms with Gasteiger partial charge in [-0.3, -0.25) is 4.79 Å². The van der Waals surface area contributed by atoms with Crippen molar-refractivity contribution >= 4 is 5.91 Å². The van der Waals surface area contributed by atoms with Gasteiger partial charge in [0.25, 0.3) is 5.91 Å². The van der Waals surface area contributed by atoms with Crippen molar-refractivity contribution in [2.45, 2.75) is 44.6 Å². The van der Waals surface area contributed by atoms with Crippen molar-refractivity contribution in [3.05, 3.63) is 24.0 Å². The molecule has 1 saturated heterocycles. The smallest absolute Gasteiger partial charge is 0.267 e. The van der Waals surface area contributed by atoms with E-state index in [0.717, 1.165) is 31.4 Å². The number of rotatable bonds is 5. The van der Waals surface area contributed by atoms with Crippen LogP contribution >= 0.6 is 0 Å². The predicted octanol–water partition coefficient (Wildman–Crippen LogP) is 2.12. The molecule has 3 rings (SSSR count). The first-order valence-corrected chi connectivity index (χ1v) is 8.38. The number of hydrogen-bond donors (Lipinski definition) is 2. The van der Waals surface area contributed by atoms with E-state index in [0.29, 0.717) is 25.8 Å². The molecule has 5 nitrogen and oxygen atoms in total. The fourth-order valence-electron chi connectivity index (χ4n) is 3.64. The number of carbonyl (C=O) groups excluding carboxylic acids is 1. The molecule has 5 heteroatoms. The molecular weight excluding hydrogens is 280 g/mol. The third kappa shape index (κ3) is 3.20. The van der Waals surface area contributed by atoms with E-state index in [9.17, 15) is 9.90 Å². The van der Waals surface area contributed by atoms with Crippen LogP contribution in [0.2, 0.25) is 0 Å². The molecule has 0 atom stereocenters. The molecule has 1 aliphatic carbocycles. The lowest BCUT2D eigenvalue weighted by molar-refractivity contribution is -0.0146. The summed E-state index contributed by atoms with van der Waals surface area (Å²) in [5.74, 6) is -0.0313. The van der Waals surface area contributed by atoms with Crippen LogP contribution in [-0.4, -0.2) is 41.9 Å². The predicted molar refractivity (Wildman–Crippen MR) is 83.8 cm³/mol. The van der Waals surface area contributed by atoms with Crippen molar-refractivity contribution < 1.29 is 14.6 Å². The van der Waals surface area contributed by atoms with Gasteiger partial charge in [-0.05, 0) is 37.8 Å². The molecule has 0 aromatic carbocycles. The Morgan fingerprint density at radius 3 is 2.77 bits per heavy atom. The molecule has 122 valence electrons. The molecular formula is C17H26N2O3. The van der Waals surface area contributed by atoms with E-state index < -0.39 is 0 Å². The molecule has 2 N–H and O–H groups in total. The summed E-state index contributed by atoms with van der Waals surface area (Å²) in [4.78, 5) is 12.5. The Morgan fingerprint density at radius 1 is 1.36 bits per heavy atom. The van der Waals surface area contributed by atoms with E-state index >= 15 is 0 Å². The van der Waals surface area contributed by atoms with Gasteiger partial charge in [-0.25, -0.2) is 0 Å². The Kier molecular flexibility index (Phi) is 4.84. The number of nitrogens with zero attached hydrogens (tertiary/aromatic N) is 1. The van der Waals surface area contributed by atoms with Crippen molar-refractivity contribution in [3.8, 4) is 0 Å². The minimum absolute atomic E-state index is 0.0313. The number of hydrogen-bond acceptors (Lipinski definition) is 3. The monoisotopic (exact) mass is 306 g/mol. The molecule has 2 heterocycles. The largest absolute Gasteiger partial charge is 0.396 e. The third-order valence-electron chi connectivity index (χ3n) is 5.24. The molecule has 1 aromatic rings. The van der Waals surface area contributed by atoms with Crippen LogP contribution in [-0.2, 0) is 4.74 Å². The van der Waals surface area contributed by atoms with Gasteiger partial charge in [-0.1, -0.05) is 12.8 Å². The second-order valence-corrected chi connectivity index (χ2v) is 6.69. The van der Waals surface area contributed by atoms with E-state index in [4.69, 9.17) is 4.74 Å². The molecule has 0 unspecified atom stereocenters. The standard InChI is InChI=1S/C17H26N2O3/c20-13-17(7-10-22-11-8-17)12-18-16(21)15-6-3-9-19(15)14-4-1-2-5-14/h3,6,9,14,20H,1-2,4-5,7-8,10-13H2,(H,18,21). The molecule has 22 heavy (non-hydrogen) atoms. The zero-order valence-electron chi connectivity index (χ0n) is 13.1. The van der Waals surface area contributed by atoms with Gasteiger partial charge in [0.05, 0.1) is 6.61 Å². The first-order valence-electron chi connectivity index (χ1n) is 8.38. The Labute approximate surface area is 131 Å². The van der Waals surface area contributed by atoms with Gasteiger partial charge >= 0.3 is 0 Å². The average molecular weight is 306 g/mol. The maximum Gasteiger partial charge on any atom is 0.267 e. The number of carbonyl (C=O) groups is 1. The van der Waals surface area contributed by atoms with Crippen molar-refractivity contribution in [2.24, 2.45) is 5.41 Å². The topological polar surface area (TPSA) is 63.5 Å². The lowest BCUT2D eigenvalue weighted by Crippen LogP contribution is -2.44. The average Bonchev–Trinajstić information content (AvgIpc) is 3.24. The number of amides is 1. The molecule has 0 spiro atoms. The molecule has 0 bridgehead atoms. The van der Waals surface area contributed by atoms with Crippen LogP contribution in [0, 0.1) is 5.41 Å². The highest BCUT2D eigenvalue weighted by molar-refractivity contribution is 5.92. The van der Waals surface area contributed by atoms with Crippen LogP contribution < -0.4 is 5.32 Å². The summed E-state index contributed by atoms with van der Waals surface area (Å²) in [6, 6.07) is 4.30. The minimum Gasteiger partial charge on any atom is -0.396 e. The number of nitrogens with one attached hydrogen (secondary N) is 1. The normalized spacial score (nSPS) is 21.9. The van der Waals surface area contributed by atoms with Crippen LogP contribution in [0.15, 0.2) is 18.3 Å². The van der Waals surface area contributed by atoms with Crippen molar-refractivity contribution in [1.82, 2.24) is 9.88 Å². The van der Waals surface area contributed by atoms with Gasteiger partial charge in [-0.2, -0.15) is 0 Å². The van der Waals surface area contributed by atoms with E-state index in [1.807, 2.05) is 18.3 Å². The Morgan fingerprint density at radius 2 is 2.09 bits per heavy atom. The molecule has 1 aromatic heterocycles. The zero-order valence-corrected chi connectivity index (χ0v) is 13.1. The third-order valence-corrected chi connectivity index (χ3v) is 5.24. The fourth-order valence-corrected chi connectivity index (χ4v) is 3.64. The molecule has 1 amide bonds. The molecule has 0 radical (unpaired) electrons. The first-order chi connectivity index (χ1) is 10.7. The Balaban J connectivity index is 1.63. The SMILES string of the molecule is O=C(NCC1(CO)CCOCC1)c1cccn1C1CCCC1. The van der Waals surface area contributed by atoms with E-state index in [1.165, 1.54) is 12.8 Å². The van der Waals surface area contributed by atoms with E-state index in [1.54, 1.807) is 0 Å². The fraction of sp³-hybridized carbons (Fsp3) is 0.706. The van der Waals surface area contributed by atoms with Crippen LogP contribution in [0.25, 0.3) is 0 Å². The highest BCUT2D eigenvalue weighted by Crippen LogP contribution is 2.31. The highest BCUT2D eigenvalue weighted by Gasteiger charge is 2.32. The van der Waals surface area contributed by atoms with Gasteiger partial charge in [0, 0.05) is 37.4 Å². The summed E-state index contributed by atoms with van der Waals surface area (Å²) in [6.07, 6.45) is 8.43. The first kappa shape index (κ1) is 15.6. The molecule has 2 aliphatic rings. The quantitative estimate of drug-likeness (QED) is 0.876. The van der Waals surface area contributed by atoms with E-state index in [-0.39, 0.29) is 17.9 Å². The Bertz CT molecular complexity index is 500. The maximum atomic E-state index is 12.5.